The van der Waals surface area contributed by atoms with Crippen molar-refractivity contribution in [2.24, 2.45) is 0 Å². The molecule has 0 unspecified atom stereocenters. The molecule has 1 rings (SSSR count). The number of para-hydroxylation sites is 1. The average molecular weight is 237 g/mol. The maximum Gasteiger partial charge on any atom is 0.162 e. The number of phenols is 1. The summed E-state index contributed by atoms with van der Waals surface area (Å²) in [6, 6.07) is 5.68. The fraction of sp³-hybridized carbons (Fsp3) is 0.571. The number of hydrogen-bond acceptors (Lipinski definition) is 3. The lowest BCUT2D eigenvalue weighted by molar-refractivity contribution is 0.229. The highest BCUT2D eigenvalue weighted by Gasteiger charge is 2.11. The molecular formula is C14H23NO2. The quantitative estimate of drug-likeness (QED) is 0.825. The Balaban J connectivity index is 2.86. The Bertz CT molecular complexity index is 346. The van der Waals surface area contributed by atoms with Gasteiger partial charge in [-0.1, -0.05) is 26.0 Å². The smallest absolute Gasteiger partial charge is 0.162 e. The maximum absolute atomic E-state index is 10.1. The first kappa shape index (κ1) is 13.8. The predicted octanol–water partition coefficient (Wildman–Crippen LogP) is 3.02. The summed E-state index contributed by atoms with van der Waals surface area (Å²) in [7, 11) is 0. The van der Waals surface area contributed by atoms with Gasteiger partial charge >= 0.3 is 0 Å². The van der Waals surface area contributed by atoms with E-state index in [0.717, 1.165) is 25.2 Å². The van der Waals surface area contributed by atoms with Gasteiger partial charge in [0, 0.05) is 12.1 Å². The van der Waals surface area contributed by atoms with Gasteiger partial charge in [-0.05, 0) is 33.0 Å². The molecule has 0 aromatic heterocycles. The Morgan fingerprint density at radius 1 is 1.24 bits per heavy atom. The number of rotatable bonds is 6. The first-order valence-electron chi connectivity index (χ1n) is 6.28. The zero-order chi connectivity index (χ0) is 12.8. The van der Waals surface area contributed by atoms with Gasteiger partial charge < -0.3 is 9.84 Å². The Morgan fingerprint density at radius 2 is 1.88 bits per heavy atom. The Kier molecular flexibility index (Phi) is 5.29. The van der Waals surface area contributed by atoms with E-state index < -0.39 is 0 Å². The lowest BCUT2D eigenvalue weighted by Crippen LogP contribution is -2.22. The number of phenolic OH excluding ortho intramolecular Hbond substituents is 1. The van der Waals surface area contributed by atoms with Crippen LogP contribution in [-0.2, 0) is 6.54 Å². The topological polar surface area (TPSA) is 32.7 Å². The molecule has 96 valence electrons. The van der Waals surface area contributed by atoms with Gasteiger partial charge in [-0.25, -0.2) is 0 Å². The molecule has 0 bridgehead atoms. The standard InChI is InChI=1S/C14H23NO2/c1-5-15(6-2)10-12-8-7-9-13(14(12)16)17-11(3)4/h7-9,11,16H,5-6,10H2,1-4H3. The molecule has 1 aromatic carbocycles. The summed E-state index contributed by atoms with van der Waals surface area (Å²) in [5, 5.41) is 10.1. The van der Waals surface area contributed by atoms with Gasteiger partial charge in [0.25, 0.3) is 0 Å². The molecule has 0 saturated heterocycles. The fourth-order valence-corrected chi connectivity index (χ4v) is 1.73. The third-order valence-electron chi connectivity index (χ3n) is 2.73. The van der Waals surface area contributed by atoms with Crippen molar-refractivity contribution in [1.82, 2.24) is 4.90 Å². The Labute approximate surface area is 104 Å². The number of nitrogens with zero attached hydrogens (tertiary/aromatic N) is 1. The molecule has 0 aliphatic rings. The van der Waals surface area contributed by atoms with Crippen molar-refractivity contribution in [3.8, 4) is 11.5 Å². The van der Waals surface area contributed by atoms with Crippen LogP contribution in [0.25, 0.3) is 0 Å². The molecule has 17 heavy (non-hydrogen) atoms. The minimum absolute atomic E-state index is 0.0737. The molecular weight excluding hydrogens is 214 g/mol. The number of ether oxygens (including phenoxy) is 1. The lowest BCUT2D eigenvalue weighted by Gasteiger charge is -2.20. The second-order valence-corrected chi connectivity index (χ2v) is 4.39. The number of aromatic hydroxyl groups is 1. The molecule has 0 fully saturated rings. The highest BCUT2D eigenvalue weighted by molar-refractivity contribution is 5.45. The van der Waals surface area contributed by atoms with E-state index in [1.54, 1.807) is 6.07 Å². The molecule has 1 N–H and O–H groups in total. The Morgan fingerprint density at radius 3 is 2.41 bits per heavy atom. The SMILES string of the molecule is CCN(CC)Cc1cccc(OC(C)C)c1O. The van der Waals surface area contributed by atoms with Crippen molar-refractivity contribution in [2.45, 2.75) is 40.3 Å². The molecule has 3 heteroatoms. The molecule has 0 spiro atoms. The second-order valence-electron chi connectivity index (χ2n) is 4.39. The largest absolute Gasteiger partial charge is 0.504 e. The number of benzene rings is 1. The van der Waals surface area contributed by atoms with Crippen LogP contribution in [0.3, 0.4) is 0 Å². The maximum atomic E-state index is 10.1. The number of hydrogen-bond donors (Lipinski definition) is 1. The zero-order valence-corrected chi connectivity index (χ0v) is 11.2. The Hall–Kier alpha value is -1.22. The van der Waals surface area contributed by atoms with E-state index >= 15 is 0 Å². The molecule has 0 amide bonds. The van der Waals surface area contributed by atoms with Gasteiger partial charge in [0.05, 0.1) is 6.10 Å². The van der Waals surface area contributed by atoms with Gasteiger partial charge in [-0.2, -0.15) is 0 Å². The second kappa shape index (κ2) is 6.50. The van der Waals surface area contributed by atoms with Gasteiger partial charge in [-0.3, -0.25) is 4.90 Å². The molecule has 0 aliphatic heterocycles. The fourth-order valence-electron chi connectivity index (χ4n) is 1.73. The monoisotopic (exact) mass is 237 g/mol. The van der Waals surface area contributed by atoms with Crippen LogP contribution in [0, 0.1) is 0 Å². The van der Waals surface area contributed by atoms with Crippen molar-refractivity contribution in [2.75, 3.05) is 13.1 Å². The molecule has 3 nitrogen and oxygen atoms in total. The van der Waals surface area contributed by atoms with Crippen LogP contribution in [0.2, 0.25) is 0 Å². The first-order chi connectivity index (χ1) is 8.08. The normalized spacial score (nSPS) is 11.2. The van der Waals surface area contributed by atoms with E-state index in [1.807, 2.05) is 26.0 Å². The first-order valence-corrected chi connectivity index (χ1v) is 6.28. The van der Waals surface area contributed by atoms with Crippen LogP contribution in [0.4, 0.5) is 0 Å². The summed E-state index contributed by atoms with van der Waals surface area (Å²) in [5.41, 5.74) is 0.923. The van der Waals surface area contributed by atoms with Gasteiger partial charge in [-0.15, -0.1) is 0 Å². The van der Waals surface area contributed by atoms with E-state index in [2.05, 4.69) is 18.7 Å². The van der Waals surface area contributed by atoms with Crippen LogP contribution in [-0.4, -0.2) is 29.2 Å². The van der Waals surface area contributed by atoms with E-state index in [0.29, 0.717) is 5.75 Å². The van der Waals surface area contributed by atoms with Crippen molar-refractivity contribution in [3.05, 3.63) is 23.8 Å². The lowest BCUT2D eigenvalue weighted by atomic mass is 10.1. The predicted molar refractivity (Wildman–Crippen MR) is 70.5 cm³/mol. The molecule has 1 aromatic rings. The van der Waals surface area contributed by atoms with Crippen molar-refractivity contribution in [3.63, 3.8) is 0 Å². The molecule has 0 atom stereocenters. The molecule has 0 aliphatic carbocycles. The van der Waals surface area contributed by atoms with Crippen LogP contribution in [0.1, 0.15) is 33.3 Å². The summed E-state index contributed by atoms with van der Waals surface area (Å²) < 4.78 is 5.57. The van der Waals surface area contributed by atoms with Crippen molar-refractivity contribution >= 4 is 0 Å². The van der Waals surface area contributed by atoms with E-state index in [1.165, 1.54) is 0 Å². The van der Waals surface area contributed by atoms with Gasteiger partial charge in [0.1, 0.15) is 0 Å². The van der Waals surface area contributed by atoms with Crippen LogP contribution >= 0.6 is 0 Å². The summed E-state index contributed by atoms with van der Waals surface area (Å²) >= 11 is 0. The summed E-state index contributed by atoms with van der Waals surface area (Å²) in [5.74, 6) is 0.845. The van der Waals surface area contributed by atoms with Crippen LogP contribution < -0.4 is 4.74 Å². The van der Waals surface area contributed by atoms with E-state index in [4.69, 9.17) is 4.74 Å². The van der Waals surface area contributed by atoms with E-state index in [9.17, 15) is 5.11 Å². The highest BCUT2D eigenvalue weighted by atomic mass is 16.5. The summed E-state index contributed by atoms with van der Waals surface area (Å²) in [6.07, 6.45) is 0.0737. The summed E-state index contributed by atoms with van der Waals surface area (Å²) in [4.78, 5) is 2.26. The summed E-state index contributed by atoms with van der Waals surface area (Å²) in [6.45, 7) is 10.9. The minimum Gasteiger partial charge on any atom is -0.504 e. The van der Waals surface area contributed by atoms with Gasteiger partial charge in [0.15, 0.2) is 11.5 Å². The molecule has 0 heterocycles. The molecule has 0 saturated carbocycles. The zero-order valence-electron chi connectivity index (χ0n) is 11.2. The third-order valence-corrected chi connectivity index (χ3v) is 2.73. The van der Waals surface area contributed by atoms with Crippen molar-refractivity contribution in [1.29, 1.82) is 0 Å². The van der Waals surface area contributed by atoms with E-state index in [-0.39, 0.29) is 11.9 Å². The molecule has 0 radical (unpaired) electrons. The average Bonchev–Trinajstić information content (AvgIpc) is 2.30. The highest BCUT2D eigenvalue weighted by Crippen LogP contribution is 2.31. The van der Waals surface area contributed by atoms with Crippen LogP contribution in [0.5, 0.6) is 11.5 Å². The minimum atomic E-state index is 0.0737. The third kappa shape index (κ3) is 3.93. The van der Waals surface area contributed by atoms with Crippen LogP contribution in [0.15, 0.2) is 18.2 Å². The van der Waals surface area contributed by atoms with Gasteiger partial charge in [0.2, 0.25) is 0 Å². The van der Waals surface area contributed by atoms with Crippen molar-refractivity contribution < 1.29 is 9.84 Å².